The van der Waals surface area contributed by atoms with Crippen molar-refractivity contribution in [3.63, 3.8) is 0 Å². The van der Waals surface area contributed by atoms with Crippen molar-refractivity contribution in [3.05, 3.63) is 71.9 Å². The molecule has 0 radical (unpaired) electrons. The van der Waals surface area contributed by atoms with Gasteiger partial charge in [0.15, 0.2) is 4.96 Å². The number of aromatic nitrogens is 2. The van der Waals surface area contributed by atoms with Gasteiger partial charge in [0.05, 0.1) is 17.0 Å². The van der Waals surface area contributed by atoms with E-state index < -0.39 is 0 Å². The smallest absolute Gasteiger partial charge is 0.256 e. The second-order valence-corrected chi connectivity index (χ2v) is 9.51. The molecule has 3 heterocycles. The predicted octanol–water partition coefficient (Wildman–Crippen LogP) is 5.03. The van der Waals surface area contributed by atoms with Gasteiger partial charge in [0.1, 0.15) is 0 Å². The molecule has 2 aromatic carbocycles. The molecule has 2 amide bonds. The minimum absolute atomic E-state index is 0.137. The maximum Gasteiger partial charge on any atom is 0.256 e. The highest BCUT2D eigenvalue weighted by Crippen LogP contribution is 2.26. The summed E-state index contributed by atoms with van der Waals surface area (Å²) in [6.07, 6.45) is 6.14. The molecule has 1 N–H and O–H groups in total. The van der Waals surface area contributed by atoms with Gasteiger partial charge < -0.3 is 10.2 Å². The van der Waals surface area contributed by atoms with Crippen molar-refractivity contribution >= 4 is 45.6 Å². The lowest BCUT2D eigenvalue weighted by Gasteiger charge is -2.15. The molecule has 32 heavy (non-hydrogen) atoms. The lowest BCUT2D eigenvalue weighted by molar-refractivity contribution is -0.127. The second-order valence-electron chi connectivity index (χ2n) is 7.62. The highest BCUT2D eigenvalue weighted by molar-refractivity contribution is 8.00. The van der Waals surface area contributed by atoms with Crippen LogP contribution in [-0.2, 0) is 4.79 Å². The zero-order valence-corrected chi connectivity index (χ0v) is 19.0. The van der Waals surface area contributed by atoms with E-state index in [0.29, 0.717) is 17.0 Å². The Kier molecular flexibility index (Phi) is 5.96. The third-order valence-electron chi connectivity index (χ3n) is 5.47. The van der Waals surface area contributed by atoms with Gasteiger partial charge >= 0.3 is 0 Å². The summed E-state index contributed by atoms with van der Waals surface area (Å²) < 4.78 is 2.00. The molecule has 0 saturated carbocycles. The van der Waals surface area contributed by atoms with Crippen LogP contribution < -0.4 is 5.32 Å². The van der Waals surface area contributed by atoms with Crippen LogP contribution in [0.4, 0.5) is 5.69 Å². The number of likely N-dealkylation sites (tertiary alicyclic amines) is 1. The molecule has 162 valence electrons. The highest BCUT2D eigenvalue weighted by Gasteiger charge is 2.19. The topological polar surface area (TPSA) is 66.7 Å². The Labute approximate surface area is 194 Å². The van der Waals surface area contributed by atoms with E-state index in [2.05, 4.69) is 10.3 Å². The largest absolute Gasteiger partial charge is 0.342 e. The Hall–Kier alpha value is -3.10. The summed E-state index contributed by atoms with van der Waals surface area (Å²) in [4.78, 5) is 33.6. The summed E-state index contributed by atoms with van der Waals surface area (Å²) in [5.74, 6) is 0.301. The number of rotatable bonds is 6. The number of carbonyl (C=O) groups excluding carboxylic acids is 2. The fourth-order valence-corrected chi connectivity index (χ4v) is 5.42. The molecule has 1 aliphatic heterocycles. The Morgan fingerprint density at radius 1 is 1.06 bits per heavy atom. The first kappa shape index (κ1) is 20.8. The second kappa shape index (κ2) is 9.18. The molecule has 2 aromatic heterocycles. The summed E-state index contributed by atoms with van der Waals surface area (Å²) in [7, 11) is 0. The zero-order valence-electron chi connectivity index (χ0n) is 17.4. The first-order valence-corrected chi connectivity index (χ1v) is 12.4. The molecule has 0 atom stereocenters. The van der Waals surface area contributed by atoms with Gasteiger partial charge in [-0.2, -0.15) is 0 Å². The van der Waals surface area contributed by atoms with Gasteiger partial charge in [0.2, 0.25) is 5.91 Å². The first-order chi connectivity index (χ1) is 15.7. The van der Waals surface area contributed by atoms with Crippen LogP contribution in [0, 0.1) is 0 Å². The van der Waals surface area contributed by atoms with Crippen LogP contribution in [0.25, 0.3) is 16.2 Å². The van der Waals surface area contributed by atoms with Crippen LogP contribution in [0.2, 0.25) is 0 Å². The molecule has 4 aromatic rings. The Balaban J connectivity index is 1.25. The minimum atomic E-state index is -0.183. The molecule has 0 aliphatic carbocycles. The fourth-order valence-electron chi connectivity index (χ4n) is 3.77. The predicted molar refractivity (Wildman–Crippen MR) is 129 cm³/mol. The number of hydrogen-bond acceptors (Lipinski definition) is 5. The third-order valence-corrected chi connectivity index (χ3v) is 7.30. The van der Waals surface area contributed by atoms with Crippen LogP contribution in [0.1, 0.15) is 23.2 Å². The van der Waals surface area contributed by atoms with Crippen molar-refractivity contribution in [3.8, 4) is 11.3 Å². The van der Waals surface area contributed by atoms with Crippen molar-refractivity contribution in [2.75, 3.05) is 24.2 Å². The van der Waals surface area contributed by atoms with Crippen molar-refractivity contribution in [2.45, 2.75) is 17.7 Å². The first-order valence-electron chi connectivity index (χ1n) is 10.5. The van der Waals surface area contributed by atoms with E-state index in [-0.39, 0.29) is 11.8 Å². The number of nitrogens with one attached hydrogen (secondary N) is 1. The van der Waals surface area contributed by atoms with Gasteiger partial charge in [-0.1, -0.05) is 24.3 Å². The number of amides is 2. The lowest BCUT2D eigenvalue weighted by Crippen LogP contribution is -2.29. The summed E-state index contributed by atoms with van der Waals surface area (Å²) in [6, 6.07) is 15.1. The molecule has 0 spiro atoms. The third kappa shape index (κ3) is 4.42. The number of hydrogen-bond donors (Lipinski definition) is 1. The fraction of sp³-hybridized carbons (Fsp3) is 0.208. The molecule has 6 nitrogen and oxygen atoms in total. The number of thioether (sulfide) groups is 1. The van der Waals surface area contributed by atoms with Gasteiger partial charge in [0, 0.05) is 47.0 Å². The molecule has 8 heteroatoms. The summed E-state index contributed by atoms with van der Waals surface area (Å²) in [5.41, 5.74) is 3.19. The molecule has 5 rings (SSSR count). The van der Waals surface area contributed by atoms with Gasteiger partial charge in [-0.15, -0.1) is 23.1 Å². The monoisotopic (exact) mass is 462 g/mol. The van der Waals surface area contributed by atoms with Crippen molar-refractivity contribution in [1.82, 2.24) is 14.3 Å². The van der Waals surface area contributed by atoms with Crippen molar-refractivity contribution in [2.24, 2.45) is 0 Å². The lowest BCUT2D eigenvalue weighted by atomic mass is 10.1. The molecule has 1 saturated heterocycles. The summed E-state index contributed by atoms with van der Waals surface area (Å²) >= 11 is 3.02. The standard InChI is InChI=1S/C24H22N4O2S2/c29-22(27-11-3-4-12-27)16-32-21-6-2-1-5-19(21)23(30)25-18-9-7-17(8-10-18)20-15-28-13-14-31-24(28)26-20/h1-2,5-10,13-15H,3-4,11-12,16H2,(H,25,30). The number of imidazole rings is 1. The Morgan fingerprint density at radius 2 is 1.84 bits per heavy atom. The Morgan fingerprint density at radius 3 is 2.62 bits per heavy atom. The number of benzene rings is 2. The number of carbonyl (C=O) groups is 2. The van der Waals surface area contributed by atoms with Crippen LogP contribution in [0.3, 0.4) is 0 Å². The van der Waals surface area contributed by atoms with E-state index in [4.69, 9.17) is 0 Å². The normalized spacial score (nSPS) is 13.6. The molecular formula is C24H22N4O2S2. The van der Waals surface area contributed by atoms with Gasteiger partial charge in [-0.3, -0.25) is 14.0 Å². The van der Waals surface area contributed by atoms with Crippen LogP contribution in [-0.4, -0.2) is 44.9 Å². The summed E-state index contributed by atoms with van der Waals surface area (Å²) in [6.45, 7) is 1.68. The maximum absolute atomic E-state index is 12.9. The average molecular weight is 463 g/mol. The van der Waals surface area contributed by atoms with E-state index in [1.54, 1.807) is 17.4 Å². The number of thiazole rings is 1. The molecule has 1 aliphatic rings. The van der Waals surface area contributed by atoms with Crippen LogP contribution in [0.5, 0.6) is 0 Å². The van der Waals surface area contributed by atoms with Crippen molar-refractivity contribution < 1.29 is 9.59 Å². The van der Waals surface area contributed by atoms with Crippen LogP contribution in [0.15, 0.2) is 71.2 Å². The SMILES string of the molecule is O=C(Nc1ccc(-c2cn3ccsc3n2)cc1)c1ccccc1SCC(=O)N1CCCC1. The van der Waals surface area contributed by atoms with E-state index in [1.165, 1.54) is 11.8 Å². The minimum Gasteiger partial charge on any atom is -0.342 e. The molecule has 0 bridgehead atoms. The molecular weight excluding hydrogens is 440 g/mol. The number of anilines is 1. The van der Waals surface area contributed by atoms with Gasteiger partial charge in [-0.25, -0.2) is 4.98 Å². The quantitative estimate of drug-likeness (QED) is 0.408. The van der Waals surface area contributed by atoms with Gasteiger partial charge in [-0.05, 0) is 37.1 Å². The van der Waals surface area contributed by atoms with Crippen molar-refractivity contribution in [1.29, 1.82) is 0 Å². The zero-order chi connectivity index (χ0) is 21.9. The van der Waals surface area contributed by atoms with Crippen LogP contribution >= 0.6 is 23.1 Å². The molecule has 0 unspecified atom stereocenters. The Bertz CT molecular complexity index is 1230. The van der Waals surface area contributed by atoms with E-state index in [0.717, 1.165) is 47.0 Å². The average Bonchev–Trinajstić information content (AvgIpc) is 3.56. The number of fused-ring (bicyclic) bond motifs is 1. The van der Waals surface area contributed by atoms with E-state index in [9.17, 15) is 9.59 Å². The number of nitrogens with zero attached hydrogens (tertiary/aromatic N) is 3. The maximum atomic E-state index is 12.9. The molecule has 1 fully saturated rings. The summed E-state index contributed by atoms with van der Waals surface area (Å²) in [5, 5.41) is 4.97. The highest BCUT2D eigenvalue weighted by atomic mass is 32.2. The van der Waals surface area contributed by atoms with E-state index in [1.807, 2.05) is 69.5 Å². The van der Waals surface area contributed by atoms with Gasteiger partial charge in [0.25, 0.3) is 5.91 Å². The van der Waals surface area contributed by atoms with E-state index >= 15 is 0 Å².